The Hall–Kier alpha value is -3.00. The second kappa shape index (κ2) is 8.39. The summed E-state index contributed by atoms with van der Waals surface area (Å²) in [6, 6.07) is 17.3. The van der Waals surface area contributed by atoms with E-state index in [0.29, 0.717) is 5.56 Å². The normalized spacial score (nSPS) is 14.4. The number of benzene rings is 3. The highest BCUT2D eigenvalue weighted by Gasteiger charge is 2.33. The van der Waals surface area contributed by atoms with E-state index in [1.54, 1.807) is 18.2 Å². The molecule has 0 unspecified atom stereocenters. The van der Waals surface area contributed by atoms with E-state index < -0.39 is 23.5 Å². The van der Waals surface area contributed by atoms with Crippen molar-refractivity contribution in [3.63, 3.8) is 0 Å². The molecule has 8 heteroatoms. The van der Waals surface area contributed by atoms with Gasteiger partial charge < -0.3 is 21.9 Å². The molecule has 1 heterocycles. The molecule has 0 aliphatic carbocycles. The predicted molar refractivity (Wildman–Crippen MR) is 101 cm³/mol. The number of fused-ring (bicyclic) bond motifs is 1. The van der Waals surface area contributed by atoms with Crippen LogP contribution in [0.25, 0.3) is 0 Å². The summed E-state index contributed by atoms with van der Waals surface area (Å²) in [5, 5.41) is 0. The molecule has 30 heavy (non-hydrogen) atoms. The van der Waals surface area contributed by atoms with Crippen LogP contribution in [0.2, 0.25) is 0 Å². The van der Waals surface area contributed by atoms with Gasteiger partial charge in [0.1, 0.15) is 11.7 Å². The van der Waals surface area contributed by atoms with Gasteiger partial charge in [-0.2, -0.15) is 18.2 Å². The van der Waals surface area contributed by atoms with Crippen LogP contribution in [0.1, 0.15) is 27.0 Å². The van der Waals surface area contributed by atoms with Crippen molar-refractivity contribution in [3.8, 4) is 0 Å². The lowest BCUT2D eigenvalue weighted by atomic mass is 10.1. The summed E-state index contributed by atoms with van der Waals surface area (Å²) in [5.41, 5.74) is 0.676. The van der Waals surface area contributed by atoms with E-state index in [-0.39, 0.29) is 40.6 Å². The highest BCUT2D eigenvalue weighted by molar-refractivity contribution is 6.18. The van der Waals surface area contributed by atoms with Gasteiger partial charge in [-0.25, -0.2) is 4.39 Å². The zero-order valence-electron chi connectivity index (χ0n) is 15.3. The van der Waals surface area contributed by atoms with E-state index >= 15 is 0 Å². The van der Waals surface area contributed by atoms with Crippen LogP contribution in [-0.4, -0.2) is 11.7 Å². The number of aliphatic imine (C=N–C) groups is 1. The molecule has 0 bridgehead atoms. The van der Waals surface area contributed by atoms with Gasteiger partial charge in [-0.15, -0.1) is 0 Å². The standard InChI is InChI=1S/C22H14F4N2O.BrH/c23-19-11-4-3-10-18(19)21(29)27-20-17-9-2-1-6-14(17)13-28(20)16-8-5-7-15(12-16)22(24,25)26;/h1-12H,13H2;1H/p-1. The number of hydrogen-bond acceptors (Lipinski definition) is 1. The Morgan fingerprint density at radius 2 is 1.63 bits per heavy atom. The largest absolute Gasteiger partial charge is 1.00 e. The number of alkyl halides is 3. The molecule has 3 nitrogen and oxygen atoms in total. The van der Waals surface area contributed by atoms with Gasteiger partial charge in [-0.1, -0.05) is 42.5 Å². The fourth-order valence-corrected chi connectivity index (χ4v) is 3.24. The summed E-state index contributed by atoms with van der Waals surface area (Å²) in [6.45, 7) is 0.251. The van der Waals surface area contributed by atoms with Gasteiger partial charge in [0.2, 0.25) is 0 Å². The molecular weight excluding hydrogens is 464 g/mol. The van der Waals surface area contributed by atoms with Crippen molar-refractivity contribution in [1.29, 1.82) is 0 Å². The molecule has 0 spiro atoms. The molecule has 4 rings (SSSR count). The van der Waals surface area contributed by atoms with Crippen LogP contribution in [0.5, 0.6) is 0 Å². The fraction of sp³-hybridized carbons (Fsp3) is 0.0909. The summed E-state index contributed by atoms with van der Waals surface area (Å²) >= 11 is 0. The molecule has 3 aromatic rings. The van der Waals surface area contributed by atoms with Crippen molar-refractivity contribution in [2.75, 3.05) is 4.90 Å². The average molecular weight is 478 g/mol. The second-order valence-corrected chi connectivity index (χ2v) is 6.51. The number of anilines is 1. The minimum Gasteiger partial charge on any atom is -1.00 e. The molecule has 0 saturated heterocycles. The summed E-state index contributed by atoms with van der Waals surface area (Å²) < 4.78 is 53.4. The van der Waals surface area contributed by atoms with Crippen molar-refractivity contribution in [2.45, 2.75) is 12.7 Å². The number of nitrogens with zero attached hydrogens (tertiary/aromatic N) is 2. The summed E-state index contributed by atoms with van der Waals surface area (Å²) in [7, 11) is 0. The number of rotatable bonds is 2. The Kier molecular flexibility index (Phi) is 6.07. The Bertz CT molecular complexity index is 1130. The van der Waals surface area contributed by atoms with E-state index in [2.05, 4.69) is 4.99 Å². The Morgan fingerprint density at radius 3 is 2.37 bits per heavy atom. The highest BCUT2D eigenvalue weighted by atomic mass is 79.9. The van der Waals surface area contributed by atoms with E-state index in [9.17, 15) is 22.4 Å². The van der Waals surface area contributed by atoms with E-state index in [1.807, 2.05) is 6.07 Å². The zero-order valence-corrected chi connectivity index (χ0v) is 16.9. The van der Waals surface area contributed by atoms with Crippen LogP contribution in [-0.2, 0) is 12.7 Å². The fourth-order valence-electron chi connectivity index (χ4n) is 3.24. The minimum absolute atomic E-state index is 0. The van der Waals surface area contributed by atoms with Gasteiger partial charge in [-0.05, 0) is 35.9 Å². The first-order chi connectivity index (χ1) is 13.8. The van der Waals surface area contributed by atoms with Crippen molar-refractivity contribution < 1.29 is 39.3 Å². The predicted octanol–water partition coefficient (Wildman–Crippen LogP) is 2.46. The lowest BCUT2D eigenvalue weighted by Gasteiger charge is -2.20. The smallest absolute Gasteiger partial charge is 0.416 e. The van der Waals surface area contributed by atoms with Crippen LogP contribution in [0.4, 0.5) is 23.2 Å². The van der Waals surface area contributed by atoms with Crippen LogP contribution in [0, 0.1) is 5.82 Å². The quantitative estimate of drug-likeness (QED) is 0.531. The monoisotopic (exact) mass is 477 g/mol. The van der Waals surface area contributed by atoms with Crippen molar-refractivity contribution in [1.82, 2.24) is 0 Å². The maximum Gasteiger partial charge on any atom is 0.416 e. The number of carbonyl (C=O) groups is 1. The van der Waals surface area contributed by atoms with Crippen molar-refractivity contribution in [2.24, 2.45) is 4.99 Å². The minimum atomic E-state index is -4.50. The molecular formula is C22H14BrF4N2O-. The molecule has 0 radical (unpaired) electrons. The number of amides is 1. The third kappa shape index (κ3) is 4.14. The van der Waals surface area contributed by atoms with Gasteiger partial charge in [0.25, 0.3) is 5.91 Å². The van der Waals surface area contributed by atoms with Crippen molar-refractivity contribution >= 4 is 17.4 Å². The second-order valence-electron chi connectivity index (χ2n) is 6.51. The summed E-state index contributed by atoms with van der Waals surface area (Å²) in [6.07, 6.45) is -4.50. The molecule has 1 aliphatic rings. The Balaban J connectivity index is 0.00000256. The molecule has 154 valence electrons. The summed E-state index contributed by atoms with van der Waals surface area (Å²) in [5.74, 6) is -1.32. The highest BCUT2D eigenvalue weighted by Crippen LogP contribution is 2.34. The van der Waals surface area contributed by atoms with Gasteiger partial charge in [0.05, 0.1) is 17.7 Å². The molecule has 1 amide bonds. The molecule has 0 aromatic heterocycles. The van der Waals surface area contributed by atoms with Crippen LogP contribution in [0.3, 0.4) is 0 Å². The maximum absolute atomic E-state index is 14.0. The SMILES string of the molecule is O=C(N=C1c2ccccc2CN1c1cccc(C(F)(F)F)c1)c1ccccc1F.[Br-]. The lowest BCUT2D eigenvalue weighted by molar-refractivity contribution is -0.137. The third-order valence-electron chi connectivity index (χ3n) is 4.64. The molecule has 0 saturated carbocycles. The van der Waals surface area contributed by atoms with E-state index in [0.717, 1.165) is 23.8 Å². The van der Waals surface area contributed by atoms with Gasteiger partial charge in [0, 0.05) is 11.3 Å². The first-order valence-electron chi connectivity index (χ1n) is 8.75. The molecule has 0 fully saturated rings. The van der Waals surface area contributed by atoms with Gasteiger partial charge in [-0.3, -0.25) is 4.79 Å². The number of halogens is 5. The zero-order chi connectivity index (χ0) is 20.6. The van der Waals surface area contributed by atoms with Gasteiger partial charge >= 0.3 is 6.18 Å². The van der Waals surface area contributed by atoms with Gasteiger partial charge in [0.15, 0.2) is 0 Å². The Morgan fingerprint density at radius 1 is 0.933 bits per heavy atom. The number of carbonyl (C=O) groups excluding carboxylic acids is 1. The topological polar surface area (TPSA) is 32.7 Å². The lowest BCUT2D eigenvalue weighted by Crippen LogP contribution is -3.00. The number of amidine groups is 1. The summed E-state index contributed by atoms with van der Waals surface area (Å²) in [4.78, 5) is 18.2. The van der Waals surface area contributed by atoms with E-state index in [4.69, 9.17) is 0 Å². The first-order valence-corrected chi connectivity index (χ1v) is 8.75. The molecule has 0 N–H and O–H groups in total. The van der Waals surface area contributed by atoms with Crippen LogP contribution < -0.4 is 21.9 Å². The number of hydrogen-bond donors (Lipinski definition) is 0. The van der Waals surface area contributed by atoms with Crippen LogP contribution in [0.15, 0.2) is 77.8 Å². The van der Waals surface area contributed by atoms with E-state index in [1.165, 1.54) is 35.2 Å². The Labute approximate surface area is 180 Å². The molecule has 3 aromatic carbocycles. The maximum atomic E-state index is 14.0. The van der Waals surface area contributed by atoms with Crippen LogP contribution >= 0.6 is 0 Å². The molecule has 0 atom stereocenters. The third-order valence-corrected chi connectivity index (χ3v) is 4.64. The average Bonchev–Trinajstić information content (AvgIpc) is 3.06. The van der Waals surface area contributed by atoms with Crippen molar-refractivity contribution in [3.05, 3.63) is 101 Å². The molecule has 1 aliphatic heterocycles. The first kappa shape index (κ1) is 21.7.